The zero-order valence-electron chi connectivity index (χ0n) is 8.90. The first-order valence-corrected chi connectivity index (χ1v) is 5.98. The van der Waals surface area contributed by atoms with Gasteiger partial charge in [0.2, 0.25) is 0 Å². The molecule has 0 aliphatic carbocycles. The molecule has 1 aromatic carbocycles. The number of rotatable bonds is 2. The standard InChI is InChI=1S/C10H14FO3P/c1-10(2,3)8-5-4-6-9(7-8)14-15(11,12)13/h4-7H,1-3H3,(H,12,13). The fraction of sp³-hybridized carbons (Fsp3) is 0.400. The van der Waals surface area contributed by atoms with E-state index in [4.69, 9.17) is 4.89 Å². The van der Waals surface area contributed by atoms with Gasteiger partial charge in [0.05, 0.1) is 0 Å². The Balaban J connectivity index is 2.99. The molecule has 84 valence electrons. The Morgan fingerprint density at radius 3 is 2.47 bits per heavy atom. The van der Waals surface area contributed by atoms with Gasteiger partial charge in [-0.05, 0) is 23.1 Å². The van der Waals surface area contributed by atoms with E-state index in [9.17, 15) is 8.76 Å². The zero-order chi connectivity index (χ0) is 11.7. The highest BCUT2D eigenvalue weighted by molar-refractivity contribution is 7.47. The lowest BCUT2D eigenvalue weighted by Crippen LogP contribution is -2.10. The van der Waals surface area contributed by atoms with Crippen LogP contribution in [0.15, 0.2) is 24.3 Å². The minimum Gasteiger partial charge on any atom is -0.401 e. The van der Waals surface area contributed by atoms with Gasteiger partial charge >= 0.3 is 7.91 Å². The molecule has 15 heavy (non-hydrogen) atoms. The molecular formula is C10H14FO3P. The van der Waals surface area contributed by atoms with E-state index in [2.05, 4.69) is 4.52 Å². The van der Waals surface area contributed by atoms with E-state index in [0.29, 0.717) is 0 Å². The van der Waals surface area contributed by atoms with Gasteiger partial charge in [-0.15, -0.1) is 4.20 Å². The second-order valence-corrected chi connectivity index (χ2v) is 5.41. The van der Waals surface area contributed by atoms with Gasteiger partial charge in [0, 0.05) is 0 Å². The van der Waals surface area contributed by atoms with Crippen LogP contribution in [0.25, 0.3) is 0 Å². The Labute approximate surface area is 88.5 Å². The maximum atomic E-state index is 12.4. The molecule has 1 aromatic rings. The zero-order valence-corrected chi connectivity index (χ0v) is 9.79. The molecule has 0 fully saturated rings. The van der Waals surface area contributed by atoms with Gasteiger partial charge in [-0.1, -0.05) is 32.9 Å². The Morgan fingerprint density at radius 2 is 2.00 bits per heavy atom. The highest BCUT2D eigenvalue weighted by Crippen LogP contribution is 2.44. The van der Waals surface area contributed by atoms with Crippen LogP contribution in [0.4, 0.5) is 4.20 Å². The normalized spacial score (nSPS) is 15.8. The predicted octanol–water partition coefficient (Wildman–Crippen LogP) is 3.43. The topological polar surface area (TPSA) is 46.5 Å². The van der Waals surface area contributed by atoms with Gasteiger partial charge < -0.3 is 4.52 Å². The molecule has 0 saturated heterocycles. The first-order chi connectivity index (χ1) is 6.68. The Hall–Kier alpha value is -0.860. The second kappa shape index (κ2) is 3.95. The van der Waals surface area contributed by atoms with Crippen molar-refractivity contribution in [3.63, 3.8) is 0 Å². The maximum Gasteiger partial charge on any atom is 0.567 e. The molecule has 0 amide bonds. The summed E-state index contributed by atoms with van der Waals surface area (Å²) >= 11 is 0. The minimum absolute atomic E-state index is 0.0655. The molecule has 0 aromatic heterocycles. The summed E-state index contributed by atoms with van der Waals surface area (Å²) in [7, 11) is -4.96. The Kier molecular flexibility index (Phi) is 3.22. The van der Waals surface area contributed by atoms with Gasteiger partial charge in [-0.2, -0.15) is 0 Å². The SMILES string of the molecule is CC(C)(C)c1cccc(OP(=O)(O)F)c1. The van der Waals surface area contributed by atoms with Gasteiger partial charge in [-0.3, -0.25) is 4.89 Å². The van der Waals surface area contributed by atoms with Crippen molar-refractivity contribution in [3.05, 3.63) is 29.8 Å². The van der Waals surface area contributed by atoms with Crippen molar-refractivity contribution in [1.82, 2.24) is 0 Å². The summed E-state index contributed by atoms with van der Waals surface area (Å²) in [5.41, 5.74) is 0.795. The predicted molar refractivity (Wildman–Crippen MR) is 56.7 cm³/mol. The van der Waals surface area contributed by atoms with Crippen LogP contribution in [0.3, 0.4) is 0 Å². The van der Waals surface area contributed by atoms with Crippen LogP contribution < -0.4 is 4.52 Å². The van der Waals surface area contributed by atoms with Crippen molar-refractivity contribution in [2.24, 2.45) is 0 Å². The molecule has 0 saturated carbocycles. The van der Waals surface area contributed by atoms with Gasteiger partial charge in [0.25, 0.3) is 0 Å². The number of hydrogen-bond donors (Lipinski definition) is 1. The third-order valence-electron chi connectivity index (χ3n) is 1.92. The molecule has 0 radical (unpaired) electrons. The lowest BCUT2D eigenvalue weighted by atomic mass is 9.87. The van der Waals surface area contributed by atoms with Crippen LogP contribution in [0.1, 0.15) is 26.3 Å². The quantitative estimate of drug-likeness (QED) is 0.794. The fourth-order valence-electron chi connectivity index (χ4n) is 1.15. The fourth-order valence-corrected chi connectivity index (χ4v) is 1.52. The summed E-state index contributed by atoms with van der Waals surface area (Å²) < 4.78 is 27.1. The summed E-state index contributed by atoms with van der Waals surface area (Å²) in [6.45, 7) is 5.96. The largest absolute Gasteiger partial charge is 0.567 e. The second-order valence-electron chi connectivity index (χ2n) is 4.32. The summed E-state index contributed by atoms with van der Waals surface area (Å²) in [5.74, 6) is 0.0655. The van der Waals surface area contributed by atoms with Crippen LogP contribution in [0, 0.1) is 0 Å². The van der Waals surface area contributed by atoms with Crippen LogP contribution >= 0.6 is 7.91 Å². The number of halogens is 1. The monoisotopic (exact) mass is 232 g/mol. The summed E-state index contributed by atoms with van der Waals surface area (Å²) in [6.07, 6.45) is 0. The highest BCUT2D eigenvalue weighted by Gasteiger charge is 2.20. The maximum absolute atomic E-state index is 12.4. The van der Waals surface area contributed by atoms with Gasteiger partial charge in [0.15, 0.2) is 0 Å². The van der Waals surface area contributed by atoms with Crippen LogP contribution in [0.2, 0.25) is 0 Å². The van der Waals surface area contributed by atoms with Gasteiger partial charge in [-0.25, -0.2) is 4.57 Å². The first kappa shape index (κ1) is 12.2. The smallest absolute Gasteiger partial charge is 0.401 e. The van der Waals surface area contributed by atoms with E-state index in [-0.39, 0.29) is 11.2 Å². The van der Waals surface area contributed by atoms with E-state index in [1.165, 1.54) is 6.07 Å². The van der Waals surface area contributed by atoms with Crippen molar-refractivity contribution in [1.29, 1.82) is 0 Å². The molecular weight excluding hydrogens is 218 g/mol. The average molecular weight is 232 g/mol. The van der Waals surface area contributed by atoms with Crippen LogP contribution in [-0.4, -0.2) is 4.89 Å². The molecule has 1 rings (SSSR count). The van der Waals surface area contributed by atoms with E-state index in [0.717, 1.165) is 5.56 Å². The van der Waals surface area contributed by atoms with E-state index < -0.39 is 7.91 Å². The number of benzene rings is 1. The van der Waals surface area contributed by atoms with Crippen molar-refractivity contribution >= 4 is 7.91 Å². The Morgan fingerprint density at radius 1 is 1.40 bits per heavy atom. The van der Waals surface area contributed by atoms with E-state index >= 15 is 0 Å². The molecule has 0 bridgehead atoms. The van der Waals surface area contributed by atoms with Gasteiger partial charge in [0.1, 0.15) is 5.75 Å². The van der Waals surface area contributed by atoms with Crippen molar-refractivity contribution in [2.75, 3.05) is 0 Å². The van der Waals surface area contributed by atoms with Crippen LogP contribution in [0.5, 0.6) is 5.75 Å². The third-order valence-corrected chi connectivity index (χ3v) is 2.35. The lowest BCUT2D eigenvalue weighted by molar-refractivity contribution is 0.330. The van der Waals surface area contributed by atoms with Crippen LogP contribution in [-0.2, 0) is 9.98 Å². The molecule has 0 spiro atoms. The first-order valence-electron chi connectivity index (χ1n) is 4.51. The molecule has 1 atom stereocenters. The summed E-state index contributed by atoms with van der Waals surface area (Å²) in [4.78, 5) is 8.43. The van der Waals surface area contributed by atoms with Crippen molar-refractivity contribution < 1.29 is 18.2 Å². The molecule has 0 aliphatic heterocycles. The molecule has 0 aliphatic rings. The van der Waals surface area contributed by atoms with Crippen molar-refractivity contribution in [2.45, 2.75) is 26.2 Å². The number of hydrogen-bond acceptors (Lipinski definition) is 2. The summed E-state index contributed by atoms with van der Waals surface area (Å²) in [6, 6.07) is 6.51. The van der Waals surface area contributed by atoms with Crippen molar-refractivity contribution in [3.8, 4) is 5.75 Å². The minimum atomic E-state index is -4.96. The molecule has 1 N–H and O–H groups in total. The van der Waals surface area contributed by atoms with E-state index in [1.54, 1.807) is 12.1 Å². The third kappa shape index (κ3) is 4.02. The lowest BCUT2D eigenvalue weighted by Gasteiger charge is -2.19. The molecule has 5 heteroatoms. The van der Waals surface area contributed by atoms with E-state index in [1.807, 2.05) is 26.8 Å². The average Bonchev–Trinajstić information content (AvgIpc) is 1.99. The Bertz CT molecular complexity index is 392. The summed E-state index contributed by atoms with van der Waals surface area (Å²) in [5, 5.41) is 0. The molecule has 3 nitrogen and oxygen atoms in total. The highest BCUT2D eigenvalue weighted by atomic mass is 31.2. The molecule has 1 unspecified atom stereocenters. The molecule has 0 heterocycles.